The molecule has 0 saturated carbocycles. The summed E-state index contributed by atoms with van der Waals surface area (Å²) in [5.41, 5.74) is 3.64. The van der Waals surface area contributed by atoms with Crippen LogP contribution in [0.25, 0.3) is 0 Å². The summed E-state index contributed by atoms with van der Waals surface area (Å²) in [6, 6.07) is 14.1. The molecule has 1 N–H and O–H groups in total. The third-order valence-electron chi connectivity index (χ3n) is 6.08. The Bertz CT molecular complexity index is 931. The van der Waals surface area contributed by atoms with Gasteiger partial charge in [-0.1, -0.05) is 118 Å². The Morgan fingerprint density at radius 1 is 0.833 bits per heavy atom. The fourth-order valence-electron chi connectivity index (χ4n) is 3.98. The molecule has 2 aromatic carbocycles. The summed E-state index contributed by atoms with van der Waals surface area (Å²) in [6.07, 6.45) is 18.6. The molecule has 0 unspecified atom stereocenters. The molecule has 0 fully saturated rings. The van der Waals surface area contributed by atoms with Crippen molar-refractivity contribution in [1.82, 2.24) is 5.43 Å². The van der Waals surface area contributed by atoms with Gasteiger partial charge in [0.15, 0.2) is 0 Å². The van der Waals surface area contributed by atoms with Gasteiger partial charge in [0.05, 0.1) is 11.8 Å². The number of hydrogen-bond donors (Lipinski definition) is 1. The quantitative estimate of drug-likeness (QED) is 0.0656. The lowest BCUT2D eigenvalue weighted by Crippen LogP contribution is -2.17. The molecule has 0 heterocycles. The SMILES string of the molecule is CCCCCCCCCCCCCCCC(=O)N/N=C\c1cc(Br)ccc1OC(=O)c1ccccc1. The van der Waals surface area contributed by atoms with E-state index in [1.54, 1.807) is 42.5 Å². The smallest absolute Gasteiger partial charge is 0.343 e. The normalized spacial score (nSPS) is 11.1. The van der Waals surface area contributed by atoms with E-state index in [1.165, 1.54) is 76.8 Å². The van der Waals surface area contributed by atoms with Crippen molar-refractivity contribution >= 4 is 34.0 Å². The molecular weight excluding hydrogens is 516 g/mol. The van der Waals surface area contributed by atoms with E-state index in [4.69, 9.17) is 4.74 Å². The van der Waals surface area contributed by atoms with Crippen LogP contribution in [-0.2, 0) is 4.79 Å². The molecule has 0 radical (unpaired) electrons. The average Bonchev–Trinajstić information content (AvgIpc) is 2.88. The third-order valence-corrected chi connectivity index (χ3v) is 6.58. The van der Waals surface area contributed by atoms with Crippen molar-refractivity contribution in [1.29, 1.82) is 0 Å². The van der Waals surface area contributed by atoms with Gasteiger partial charge in [-0.05, 0) is 36.8 Å². The van der Waals surface area contributed by atoms with E-state index in [1.807, 2.05) is 6.07 Å². The monoisotopic (exact) mass is 556 g/mol. The first-order valence-electron chi connectivity index (χ1n) is 13.5. The molecule has 0 aliphatic rings. The second-order valence-electron chi connectivity index (χ2n) is 9.22. The highest BCUT2D eigenvalue weighted by molar-refractivity contribution is 9.10. The van der Waals surface area contributed by atoms with E-state index >= 15 is 0 Å². The maximum atomic E-state index is 12.4. The maximum absolute atomic E-state index is 12.4. The lowest BCUT2D eigenvalue weighted by molar-refractivity contribution is -0.121. The minimum Gasteiger partial charge on any atom is -0.422 e. The molecule has 0 bridgehead atoms. The summed E-state index contributed by atoms with van der Waals surface area (Å²) in [5, 5.41) is 4.07. The number of nitrogens with zero attached hydrogens (tertiary/aromatic N) is 1. The number of hydrogen-bond acceptors (Lipinski definition) is 4. The number of ether oxygens (including phenoxy) is 1. The number of hydrazone groups is 1. The molecule has 0 saturated heterocycles. The number of amides is 1. The van der Waals surface area contributed by atoms with Gasteiger partial charge in [0.1, 0.15) is 5.75 Å². The molecule has 6 heteroatoms. The zero-order valence-corrected chi connectivity index (χ0v) is 23.2. The average molecular weight is 558 g/mol. The number of unbranched alkanes of at least 4 members (excludes halogenated alkanes) is 12. The van der Waals surface area contributed by atoms with Crippen LogP contribution in [0.3, 0.4) is 0 Å². The zero-order valence-electron chi connectivity index (χ0n) is 21.6. The summed E-state index contributed by atoms with van der Waals surface area (Å²) in [5.74, 6) is -0.173. The van der Waals surface area contributed by atoms with Crippen LogP contribution < -0.4 is 10.2 Å². The molecule has 2 aromatic rings. The van der Waals surface area contributed by atoms with Crippen LogP contribution in [0.4, 0.5) is 0 Å². The molecule has 0 atom stereocenters. The van der Waals surface area contributed by atoms with Crippen LogP contribution in [0.1, 0.15) is 113 Å². The van der Waals surface area contributed by atoms with Crippen molar-refractivity contribution in [3.05, 3.63) is 64.1 Å². The first-order chi connectivity index (χ1) is 17.6. The van der Waals surface area contributed by atoms with E-state index in [9.17, 15) is 9.59 Å². The first-order valence-corrected chi connectivity index (χ1v) is 14.3. The van der Waals surface area contributed by atoms with Crippen LogP contribution in [-0.4, -0.2) is 18.1 Å². The predicted molar refractivity (Wildman–Crippen MR) is 152 cm³/mol. The van der Waals surface area contributed by atoms with E-state index in [-0.39, 0.29) is 5.91 Å². The molecule has 0 aliphatic carbocycles. The van der Waals surface area contributed by atoms with E-state index in [0.29, 0.717) is 23.3 Å². The van der Waals surface area contributed by atoms with Gasteiger partial charge in [-0.15, -0.1) is 0 Å². The Labute approximate surface area is 225 Å². The summed E-state index contributed by atoms with van der Waals surface area (Å²) < 4.78 is 6.35. The minimum atomic E-state index is -0.445. The molecule has 0 aromatic heterocycles. The summed E-state index contributed by atoms with van der Waals surface area (Å²) in [7, 11) is 0. The van der Waals surface area contributed by atoms with Gasteiger partial charge in [0.2, 0.25) is 5.91 Å². The number of rotatable bonds is 18. The second kappa shape index (κ2) is 18.8. The zero-order chi connectivity index (χ0) is 25.8. The minimum absolute atomic E-state index is 0.104. The Kier molecular flexibility index (Phi) is 15.5. The van der Waals surface area contributed by atoms with Gasteiger partial charge in [-0.2, -0.15) is 5.10 Å². The fourth-order valence-corrected chi connectivity index (χ4v) is 4.36. The number of halogens is 1. The van der Waals surface area contributed by atoms with Gasteiger partial charge >= 0.3 is 5.97 Å². The molecule has 1 amide bonds. The molecule has 0 aliphatic heterocycles. The van der Waals surface area contributed by atoms with Gasteiger partial charge < -0.3 is 4.74 Å². The van der Waals surface area contributed by atoms with E-state index in [0.717, 1.165) is 17.3 Å². The van der Waals surface area contributed by atoms with Crippen LogP contribution in [0, 0.1) is 0 Å². The summed E-state index contributed by atoms with van der Waals surface area (Å²) in [4.78, 5) is 24.5. The van der Waals surface area contributed by atoms with Crippen molar-refractivity contribution in [3.63, 3.8) is 0 Å². The molecule has 5 nitrogen and oxygen atoms in total. The van der Waals surface area contributed by atoms with E-state index in [2.05, 4.69) is 33.4 Å². The van der Waals surface area contributed by atoms with Crippen molar-refractivity contribution in [2.75, 3.05) is 0 Å². The van der Waals surface area contributed by atoms with Crippen LogP contribution in [0.5, 0.6) is 5.75 Å². The van der Waals surface area contributed by atoms with Crippen molar-refractivity contribution in [3.8, 4) is 5.75 Å². The topological polar surface area (TPSA) is 67.8 Å². The molecule has 196 valence electrons. The Morgan fingerprint density at radius 2 is 1.42 bits per heavy atom. The Balaban J connectivity index is 1.60. The Morgan fingerprint density at radius 3 is 2.03 bits per heavy atom. The highest BCUT2D eigenvalue weighted by atomic mass is 79.9. The van der Waals surface area contributed by atoms with Crippen molar-refractivity contribution in [2.45, 2.75) is 96.8 Å². The van der Waals surface area contributed by atoms with Gasteiger partial charge in [-0.25, -0.2) is 10.2 Å². The lowest BCUT2D eigenvalue weighted by Gasteiger charge is -2.08. The number of carbonyl (C=O) groups is 2. The third kappa shape index (κ3) is 13.0. The number of carbonyl (C=O) groups excluding carboxylic acids is 2. The fraction of sp³-hybridized carbons (Fsp3) is 0.500. The number of nitrogens with one attached hydrogen (secondary N) is 1. The van der Waals surface area contributed by atoms with E-state index < -0.39 is 5.97 Å². The highest BCUT2D eigenvalue weighted by Gasteiger charge is 2.11. The molecular formula is C30H41BrN2O3. The van der Waals surface area contributed by atoms with Gasteiger partial charge in [0, 0.05) is 16.5 Å². The van der Waals surface area contributed by atoms with Crippen molar-refractivity contribution < 1.29 is 14.3 Å². The van der Waals surface area contributed by atoms with Crippen LogP contribution in [0.2, 0.25) is 0 Å². The largest absolute Gasteiger partial charge is 0.422 e. The lowest BCUT2D eigenvalue weighted by atomic mass is 10.0. The highest BCUT2D eigenvalue weighted by Crippen LogP contribution is 2.23. The van der Waals surface area contributed by atoms with Gasteiger partial charge in [-0.3, -0.25) is 4.79 Å². The summed E-state index contributed by atoms with van der Waals surface area (Å²) >= 11 is 3.42. The molecule has 36 heavy (non-hydrogen) atoms. The predicted octanol–water partition coefficient (Wildman–Crippen LogP) is 8.60. The second-order valence-corrected chi connectivity index (χ2v) is 10.1. The van der Waals surface area contributed by atoms with Gasteiger partial charge in [0.25, 0.3) is 0 Å². The molecule has 2 rings (SSSR count). The number of benzene rings is 2. The maximum Gasteiger partial charge on any atom is 0.343 e. The summed E-state index contributed by atoms with van der Waals surface area (Å²) in [6.45, 7) is 2.26. The standard InChI is InChI=1S/C30H41BrN2O3/c1-2-3-4-5-6-7-8-9-10-11-12-13-17-20-29(34)33-32-24-26-23-27(31)21-22-28(26)36-30(35)25-18-15-14-16-19-25/h14-16,18-19,21-24H,2-13,17,20H2,1H3,(H,33,34)/b32-24-. The number of esters is 1. The Hall–Kier alpha value is -2.47. The first kappa shape index (κ1) is 29.8. The van der Waals surface area contributed by atoms with Crippen LogP contribution in [0.15, 0.2) is 58.1 Å². The molecule has 0 spiro atoms. The van der Waals surface area contributed by atoms with Crippen LogP contribution >= 0.6 is 15.9 Å². The van der Waals surface area contributed by atoms with Crippen molar-refractivity contribution in [2.24, 2.45) is 5.10 Å².